The van der Waals surface area contributed by atoms with E-state index in [0.29, 0.717) is 35.8 Å². The Labute approximate surface area is 155 Å². The zero-order chi connectivity index (χ0) is 19.0. The summed E-state index contributed by atoms with van der Waals surface area (Å²) in [4.78, 5) is 26.6. The lowest BCUT2D eigenvalue weighted by atomic mass is 9.91. The van der Waals surface area contributed by atoms with Crippen molar-refractivity contribution in [2.24, 2.45) is 0 Å². The molecule has 2 aliphatic heterocycles. The van der Waals surface area contributed by atoms with Gasteiger partial charge in [0.15, 0.2) is 11.5 Å². The molecule has 1 fully saturated rings. The maximum Gasteiger partial charge on any atom is 0.325 e. The summed E-state index contributed by atoms with van der Waals surface area (Å²) in [7, 11) is 0. The molecule has 0 spiro atoms. The van der Waals surface area contributed by atoms with Crippen molar-refractivity contribution in [2.75, 3.05) is 13.2 Å². The third-order valence-corrected chi connectivity index (χ3v) is 4.85. The van der Waals surface area contributed by atoms with Crippen molar-refractivity contribution in [1.29, 1.82) is 0 Å². The summed E-state index contributed by atoms with van der Waals surface area (Å²) >= 11 is 0. The second kappa shape index (κ2) is 6.57. The molecule has 0 radical (unpaired) electrons. The molecule has 6 nitrogen and oxygen atoms in total. The van der Waals surface area contributed by atoms with E-state index in [2.05, 4.69) is 5.32 Å². The minimum absolute atomic E-state index is 0.0745. The summed E-state index contributed by atoms with van der Waals surface area (Å²) in [5.41, 5.74) is 0.0801. The van der Waals surface area contributed by atoms with Crippen LogP contribution in [0.2, 0.25) is 0 Å². The fourth-order valence-corrected chi connectivity index (χ4v) is 3.28. The second-order valence-electron chi connectivity index (χ2n) is 6.78. The molecule has 2 aromatic rings. The highest BCUT2D eigenvalue weighted by Gasteiger charge is 2.49. The molecule has 0 aliphatic carbocycles. The van der Waals surface area contributed by atoms with Crippen molar-refractivity contribution in [2.45, 2.75) is 25.4 Å². The van der Waals surface area contributed by atoms with Gasteiger partial charge in [0.2, 0.25) is 0 Å². The summed E-state index contributed by atoms with van der Waals surface area (Å²) in [6.07, 6.45) is 0.780. The number of rotatable bonds is 3. The number of hydrogen-bond donors (Lipinski definition) is 1. The molecule has 0 unspecified atom stereocenters. The van der Waals surface area contributed by atoms with Gasteiger partial charge in [-0.05, 0) is 42.3 Å². The number of amides is 3. The maximum absolute atomic E-state index is 13.1. The van der Waals surface area contributed by atoms with Gasteiger partial charge in [-0.3, -0.25) is 9.69 Å². The van der Waals surface area contributed by atoms with E-state index >= 15 is 0 Å². The number of carbonyl (C=O) groups is 2. The summed E-state index contributed by atoms with van der Waals surface area (Å²) in [6.45, 7) is 2.84. The molecule has 0 aromatic heterocycles. The number of imide groups is 1. The number of benzene rings is 2. The number of nitrogens with one attached hydrogen (secondary N) is 1. The van der Waals surface area contributed by atoms with Crippen LogP contribution in [0.3, 0.4) is 0 Å². The first-order chi connectivity index (χ1) is 13.0. The third kappa shape index (κ3) is 3.09. The average molecular weight is 370 g/mol. The smallest absolute Gasteiger partial charge is 0.325 e. The van der Waals surface area contributed by atoms with Crippen LogP contribution >= 0.6 is 0 Å². The highest BCUT2D eigenvalue weighted by Crippen LogP contribution is 2.37. The van der Waals surface area contributed by atoms with E-state index in [0.717, 1.165) is 11.3 Å². The number of nitrogens with zero attached hydrogens (tertiary/aromatic N) is 1. The number of hydrogen-bond acceptors (Lipinski definition) is 4. The SMILES string of the molecule is C[C@]1(c2ccc3c(c2)OCCCO3)NC(=O)N(Cc2ccc(F)cc2)C1=O. The standard InChI is InChI=1S/C20H19FN2O4/c1-20(14-5-8-16-17(11-14)27-10-2-9-26-16)18(24)23(19(25)22-20)12-13-3-6-15(21)7-4-13/h3-8,11H,2,9-10,12H2,1H3,(H,22,25)/t20-/m1/s1. The summed E-state index contributed by atoms with van der Waals surface area (Å²) < 4.78 is 24.4. The van der Waals surface area contributed by atoms with Gasteiger partial charge >= 0.3 is 6.03 Å². The summed E-state index contributed by atoms with van der Waals surface area (Å²) in [5.74, 6) is 0.448. The van der Waals surface area contributed by atoms with E-state index in [1.54, 1.807) is 37.3 Å². The molecule has 140 valence electrons. The fraction of sp³-hybridized carbons (Fsp3) is 0.300. The molecule has 1 atom stereocenters. The van der Waals surface area contributed by atoms with Crippen LogP contribution in [-0.4, -0.2) is 30.1 Å². The molecule has 7 heteroatoms. The van der Waals surface area contributed by atoms with Gasteiger partial charge in [0.05, 0.1) is 19.8 Å². The minimum Gasteiger partial charge on any atom is -0.490 e. The first-order valence-corrected chi connectivity index (χ1v) is 8.76. The lowest BCUT2D eigenvalue weighted by Gasteiger charge is -2.23. The molecule has 0 bridgehead atoms. The van der Waals surface area contributed by atoms with Crippen LogP contribution in [0.4, 0.5) is 9.18 Å². The van der Waals surface area contributed by atoms with Gasteiger partial charge in [-0.1, -0.05) is 18.2 Å². The third-order valence-electron chi connectivity index (χ3n) is 4.85. The maximum atomic E-state index is 13.1. The Kier molecular flexibility index (Phi) is 4.22. The van der Waals surface area contributed by atoms with Gasteiger partial charge in [-0.2, -0.15) is 0 Å². The number of carbonyl (C=O) groups excluding carboxylic acids is 2. The van der Waals surface area contributed by atoms with Crippen LogP contribution in [0.5, 0.6) is 11.5 Å². The van der Waals surface area contributed by atoms with Crippen LogP contribution in [-0.2, 0) is 16.9 Å². The number of urea groups is 1. The lowest BCUT2D eigenvalue weighted by molar-refractivity contribution is -0.131. The zero-order valence-electron chi connectivity index (χ0n) is 14.8. The monoisotopic (exact) mass is 370 g/mol. The fourth-order valence-electron chi connectivity index (χ4n) is 3.28. The van der Waals surface area contributed by atoms with Crippen molar-refractivity contribution in [1.82, 2.24) is 10.2 Å². The quantitative estimate of drug-likeness (QED) is 0.844. The van der Waals surface area contributed by atoms with Crippen LogP contribution in [0.15, 0.2) is 42.5 Å². The molecule has 1 N–H and O–H groups in total. The Morgan fingerprint density at radius 3 is 2.52 bits per heavy atom. The van der Waals surface area contributed by atoms with E-state index in [1.165, 1.54) is 12.1 Å². The minimum atomic E-state index is -1.21. The molecule has 2 aromatic carbocycles. The summed E-state index contributed by atoms with van der Waals surface area (Å²) in [6, 6.07) is 10.5. The van der Waals surface area contributed by atoms with Crippen molar-refractivity contribution in [3.63, 3.8) is 0 Å². The first-order valence-electron chi connectivity index (χ1n) is 8.76. The first kappa shape index (κ1) is 17.3. The van der Waals surface area contributed by atoms with Gasteiger partial charge in [0, 0.05) is 6.42 Å². The van der Waals surface area contributed by atoms with Gasteiger partial charge in [0.1, 0.15) is 11.4 Å². The lowest BCUT2D eigenvalue weighted by Crippen LogP contribution is -2.40. The number of ether oxygens (including phenoxy) is 2. The predicted molar refractivity (Wildman–Crippen MR) is 94.9 cm³/mol. The second-order valence-corrected chi connectivity index (χ2v) is 6.78. The van der Waals surface area contributed by atoms with Gasteiger partial charge in [-0.25, -0.2) is 9.18 Å². The Hall–Kier alpha value is -3.09. The molecule has 0 saturated carbocycles. The van der Waals surface area contributed by atoms with Crippen molar-refractivity contribution >= 4 is 11.9 Å². The Balaban J connectivity index is 1.61. The molecule has 3 amide bonds. The highest BCUT2D eigenvalue weighted by atomic mass is 19.1. The number of fused-ring (bicyclic) bond motifs is 1. The Morgan fingerprint density at radius 2 is 1.78 bits per heavy atom. The van der Waals surface area contributed by atoms with Crippen molar-refractivity contribution in [3.8, 4) is 11.5 Å². The van der Waals surface area contributed by atoms with Crippen LogP contribution in [0.25, 0.3) is 0 Å². The topological polar surface area (TPSA) is 67.9 Å². The van der Waals surface area contributed by atoms with Crippen LogP contribution in [0.1, 0.15) is 24.5 Å². The van der Waals surface area contributed by atoms with E-state index in [-0.39, 0.29) is 18.3 Å². The molecule has 2 aliphatic rings. The van der Waals surface area contributed by atoms with E-state index in [1.807, 2.05) is 0 Å². The Morgan fingerprint density at radius 1 is 1.07 bits per heavy atom. The van der Waals surface area contributed by atoms with Crippen molar-refractivity contribution < 1.29 is 23.5 Å². The largest absolute Gasteiger partial charge is 0.490 e. The number of halogens is 1. The molecular weight excluding hydrogens is 351 g/mol. The predicted octanol–water partition coefficient (Wildman–Crippen LogP) is 2.95. The molecule has 4 rings (SSSR count). The van der Waals surface area contributed by atoms with Gasteiger partial charge in [0.25, 0.3) is 5.91 Å². The van der Waals surface area contributed by atoms with E-state index in [9.17, 15) is 14.0 Å². The van der Waals surface area contributed by atoms with E-state index in [4.69, 9.17) is 9.47 Å². The zero-order valence-corrected chi connectivity index (χ0v) is 14.8. The highest BCUT2D eigenvalue weighted by molar-refractivity contribution is 6.07. The normalized spacial score (nSPS) is 21.8. The summed E-state index contributed by atoms with van der Waals surface area (Å²) in [5, 5.41) is 2.77. The molecule has 2 heterocycles. The van der Waals surface area contributed by atoms with Crippen LogP contribution < -0.4 is 14.8 Å². The van der Waals surface area contributed by atoms with Crippen molar-refractivity contribution in [3.05, 3.63) is 59.4 Å². The van der Waals surface area contributed by atoms with E-state index < -0.39 is 11.6 Å². The molecular formula is C20H19FN2O4. The average Bonchev–Trinajstić information content (AvgIpc) is 2.84. The molecule has 27 heavy (non-hydrogen) atoms. The molecule has 1 saturated heterocycles. The Bertz CT molecular complexity index is 899. The van der Waals surface area contributed by atoms with Crippen LogP contribution in [0, 0.1) is 5.82 Å². The van der Waals surface area contributed by atoms with Gasteiger partial charge in [-0.15, -0.1) is 0 Å². The van der Waals surface area contributed by atoms with Gasteiger partial charge < -0.3 is 14.8 Å².